The summed E-state index contributed by atoms with van der Waals surface area (Å²) < 4.78 is 5.18. The van der Waals surface area contributed by atoms with Gasteiger partial charge in [-0.3, -0.25) is 0 Å². The van der Waals surface area contributed by atoms with Crippen LogP contribution in [0.5, 0.6) is 5.75 Å². The Bertz CT molecular complexity index is 404. The van der Waals surface area contributed by atoms with Gasteiger partial charge in [-0.25, -0.2) is 0 Å². The highest BCUT2D eigenvalue weighted by molar-refractivity contribution is 7.17. The summed E-state index contributed by atoms with van der Waals surface area (Å²) in [6.07, 6.45) is 2.59. The fourth-order valence-electron chi connectivity index (χ4n) is 1.39. The molecule has 1 aliphatic carbocycles. The van der Waals surface area contributed by atoms with E-state index in [1.165, 1.54) is 24.2 Å². The second-order valence-electron chi connectivity index (χ2n) is 3.64. The summed E-state index contributed by atoms with van der Waals surface area (Å²) in [5, 5.41) is 13.0. The maximum Gasteiger partial charge on any atom is 0.177 e. The molecule has 1 fully saturated rings. The molecule has 0 saturated heterocycles. The fourth-order valence-corrected chi connectivity index (χ4v) is 2.28. The summed E-state index contributed by atoms with van der Waals surface area (Å²) in [6.45, 7) is 0.946. The highest BCUT2D eigenvalue weighted by Crippen LogP contribution is 2.42. The van der Waals surface area contributed by atoms with Gasteiger partial charge in [0.2, 0.25) is 0 Å². The molecule has 0 aliphatic heterocycles. The number of nitrogens with zero attached hydrogens (tertiary/aromatic N) is 1. The van der Waals surface area contributed by atoms with Gasteiger partial charge in [0, 0.05) is 6.54 Å². The molecule has 1 aromatic rings. The standard InChI is InChI=1S/C10H13N3OS/c1-14-9-8(12)7(4-11)15-10(9)13-5-6-2-3-6/h6,13H,2-3,5,12H2,1H3. The minimum absolute atomic E-state index is 0.447. The van der Waals surface area contributed by atoms with Crippen LogP contribution in [0.2, 0.25) is 0 Å². The van der Waals surface area contributed by atoms with Gasteiger partial charge in [-0.05, 0) is 18.8 Å². The van der Waals surface area contributed by atoms with Crippen molar-refractivity contribution in [2.24, 2.45) is 5.92 Å². The van der Waals surface area contributed by atoms with Crippen LogP contribution in [0.4, 0.5) is 10.7 Å². The number of hydrogen-bond acceptors (Lipinski definition) is 5. The zero-order valence-electron chi connectivity index (χ0n) is 8.54. The molecular formula is C10H13N3OS. The molecule has 0 aromatic carbocycles. The minimum atomic E-state index is 0.447. The summed E-state index contributed by atoms with van der Waals surface area (Å²) in [6, 6.07) is 2.07. The highest BCUT2D eigenvalue weighted by Gasteiger charge is 2.23. The van der Waals surface area contributed by atoms with E-state index >= 15 is 0 Å². The maximum absolute atomic E-state index is 8.84. The van der Waals surface area contributed by atoms with Gasteiger partial charge in [0.25, 0.3) is 0 Å². The van der Waals surface area contributed by atoms with Crippen LogP contribution in [0.15, 0.2) is 0 Å². The monoisotopic (exact) mass is 223 g/mol. The Hall–Kier alpha value is -1.41. The molecule has 0 amide bonds. The van der Waals surface area contributed by atoms with Gasteiger partial charge in [0.15, 0.2) is 5.75 Å². The lowest BCUT2D eigenvalue weighted by atomic mass is 10.3. The number of nitrogen functional groups attached to an aromatic ring is 1. The van der Waals surface area contributed by atoms with Crippen molar-refractivity contribution in [2.75, 3.05) is 24.7 Å². The third kappa shape index (κ3) is 2.00. The number of ether oxygens (including phenoxy) is 1. The van der Waals surface area contributed by atoms with Crippen LogP contribution in [0.1, 0.15) is 17.7 Å². The topological polar surface area (TPSA) is 71.1 Å². The SMILES string of the molecule is COc1c(NCC2CC2)sc(C#N)c1N. The number of nitrogens with one attached hydrogen (secondary N) is 1. The van der Waals surface area contributed by atoms with E-state index in [2.05, 4.69) is 11.4 Å². The van der Waals surface area contributed by atoms with Crippen LogP contribution in [0, 0.1) is 17.2 Å². The molecule has 1 aliphatic rings. The van der Waals surface area contributed by atoms with E-state index in [1.807, 2.05) is 0 Å². The third-order valence-corrected chi connectivity index (χ3v) is 3.50. The number of anilines is 2. The highest BCUT2D eigenvalue weighted by atomic mass is 32.1. The number of hydrogen-bond donors (Lipinski definition) is 2. The van der Waals surface area contributed by atoms with Crippen molar-refractivity contribution in [2.45, 2.75) is 12.8 Å². The number of methoxy groups -OCH3 is 1. The number of thiophene rings is 1. The smallest absolute Gasteiger partial charge is 0.177 e. The van der Waals surface area contributed by atoms with E-state index in [0.717, 1.165) is 17.5 Å². The Morgan fingerprint density at radius 3 is 2.93 bits per heavy atom. The average Bonchev–Trinajstić information content (AvgIpc) is 3.01. The molecule has 1 aromatic heterocycles. The summed E-state index contributed by atoms with van der Waals surface area (Å²) in [5.41, 5.74) is 6.22. The number of rotatable bonds is 4. The first-order valence-corrected chi connectivity index (χ1v) is 5.68. The first-order chi connectivity index (χ1) is 7.26. The number of nitrogens with two attached hydrogens (primary N) is 1. The van der Waals surface area contributed by atoms with Gasteiger partial charge >= 0.3 is 0 Å². The summed E-state index contributed by atoms with van der Waals surface area (Å²) in [5.74, 6) is 1.39. The van der Waals surface area contributed by atoms with E-state index in [-0.39, 0.29) is 0 Å². The lowest BCUT2D eigenvalue weighted by molar-refractivity contribution is 0.420. The van der Waals surface area contributed by atoms with Gasteiger partial charge < -0.3 is 15.8 Å². The van der Waals surface area contributed by atoms with Crippen LogP contribution < -0.4 is 15.8 Å². The van der Waals surface area contributed by atoms with Crippen LogP contribution in [0.3, 0.4) is 0 Å². The maximum atomic E-state index is 8.84. The van der Waals surface area contributed by atoms with Crippen LogP contribution >= 0.6 is 11.3 Å². The lowest BCUT2D eigenvalue weighted by Gasteiger charge is -2.05. The van der Waals surface area contributed by atoms with E-state index < -0.39 is 0 Å². The second-order valence-corrected chi connectivity index (χ2v) is 4.66. The van der Waals surface area contributed by atoms with Gasteiger partial charge in [0.05, 0.1) is 7.11 Å². The van der Waals surface area contributed by atoms with Crippen LogP contribution in [-0.4, -0.2) is 13.7 Å². The molecule has 1 saturated carbocycles. The van der Waals surface area contributed by atoms with Crippen molar-refractivity contribution < 1.29 is 4.74 Å². The first kappa shape index (κ1) is 10.1. The molecule has 0 radical (unpaired) electrons. The molecule has 0 bridgehead atoms. The molecule has 5 heteroatoms. The van der Waals surface area contributed by atoms with Crippen LogP contribution in [-0.2, 0) is 0 Å². The van der Waals surface area contributed by atoms with Gasteiger partial charge in [-0.15, -0.1) is 11.3 Å². The zero-order valence-corrected chi connectivity index (χ0v) is 9.36. The van der Waals surface area contributed by atoms with Crippen LogP contribution in [0.25, 0.3) is 0 Å². The van der Waals surface area contributed by atoms with Crippen molar-refractivity contribution in [1.82, 2.24) is 0 Å². The molecule has 0 atom stereocenters. The van der Waals surface area contributed by atoms with Gasteiger partial charge in [-0.1, -0.05) is 0 Å². The Kier molecular flexibility index (Phi) is 2.69. The van der Waals surface area contributed by atoms with E-state index in [4.69, 9.17) is 15.7 Å². The van der Waals surface area contributed by atoms with Gasteiger partial charge in [-0.2, -0.15) is 5.26 Å². The molecule has 3 N–H and O–H groups in total. The molecule has 0 spiro atoms. The molecule has 15 heavy (non-hydrogen) atoms. The zero-order chi connectivity index (χ0) is 10.8. The van der Waals surface area contributed by atoms with E-state index in [9.17, 15) is 0 Å². The molecule has 0 unspecified atom stereocenters. The lowest BCUT2D eigenvalue weighted by Crippen LogP contribution is -2.02. The fraction of sp³-hybridized carbons (Fsp3) is 0.500. The van der Waals surface area contributed by atoms with E-state index in [0.29, 0.717) is 16.3 Å². The van der Waals surface area contributed by atoms with Gasteiger partial charge in [0.1, 0.15) is 21.6 Å². The molecule has 4 nitrogen and oxygen atoms in total. The van der Waals surface area contributed by atoms with Crippen molar-refractivity contribution >= 4 is 22.0 Å². The average molecular weight is 223 g/mol. The van der Waals surface area contributed by atoms with Crippen molar-refractivity contribution in [3.05, 3.63) is 4.88 Å². The quantitative estimate of drug-likeness (QED) is 0.819. The summed E-state index contributed by atoms with van der Waals surface area (Å²) in [7, 11) is 1.57. The third-order valence-electron chi connectivity index (χ3n) is 2.45. The molecule has 1 heterocycles. The normalized spacial score (nSPS) is 14.7. The largest absolute Gasteiger partial charge is 0.492 e. The van der Waals surface area contributed by atoms with E-state index in [1.54, 1.807) is 7.11 Å². The van der Waals surface area contributed by atoms with Crippen molar-refractivity contribution in [3.8, 4) is 11.8 Å². The Balaban J connectivity index is 2.16. The van der Waals surface area contributed by atoms with Crippen molar-refractivity contribution in [1.29, 1.82) is 5.26 Å². The first-order valence-electron chi connectivity index (χ1n) is 4.86. The molecule has 2 rings (SSSR count). The predicted molar refractivity (Wildman–Crippen MR) is 61.2 cm³/mol. The summed E-state index contributed by atoms with van der Waals surface area (Å²) >= 11 is 1.36. The molecular weight excluding hydrogens is 210 g/mol. The molecule has 80 valence electrons. The Morgan fingerprint density at radius 1 is 1.67 bits per heavy atom. The van der Waals surface area contributed by atoms with Crippen molar-refractivity contribution in [3.63, 3.8) is 0 Å². The Morgan fingerprint density at radius 2 is 2.40 bits per heavy atom. The predicted octanol–water partition coefficient (Wildman–Crippen LogP) is 2.03. The second kappa shape index (κ2) is 3.99. The summed E-state index contributed by atoms with van der Waals surface area (Å²) in [4.78, 5) is 0.519. The minimum Gasteiger partial charge on any atom is -0.492 e. The number of nitriles is 1. The Labute approximate surface area is 92.7 Å².